The maximum atomic E-state index is 12.2. The van der Waals surface area contributed by atoms with Crippen molar-refractivity contribution in [3.05, 3.63) is 29.8 Å². The van der Waals surface area contributed by atoms with Crippen LogP contribution in [-0.4, -0.2) is 77.1 Å². The molecule has 128 valence electrons. The second-order valence-corrected chi connectivity index (χ2v) is 5.28. The standard InChI is InChI=1S/C15H21NO7/c1-22-9-5-3-2-4-8(9)15(21)16-6-10-12(18)14(20)13(19)11(7-17)23-10/h2-5,10-14,17-20H,6-7H2,1H3,(H,16,21)/t10-,11+,12-,13+,14+/m0/s1. The predicted molar refractivity (Wildman–Crippen MR) is 79.1 cm³/mol. The van der Waals surface area contributed by atoms with E-state index in [1.165, 1.54) is 7.11 Å². The van der Waals surface area contributed by atoms with Crippen molar-refractivity contribution < 1.29 is 34.7 Å². The van der Waals surface area contributed by atoms with Gasteiger partial charge in [0.05, 0.1) is 19.3 Å². The Morgan fingerprint density at radius 1 is 1.17 bits per heavy atom. The largest absolute Gasteiger partial charge is 0.496 e. The minimum absolute atomic E-state index is 0.0989. The van der Waals surface area contributed by atoms with Gasteiger partial charge in [-0.1, -0.05) is 12.1 Å². The molecule has 0 aliphatic carbocycles. The van der Waals surface area contributed by atoms with E-state index in [1.54, 1.807) is 24.3 Å². The number of amides is 1. The fourth-order valence-corrected chi connectivity index (χ4v) is 2.47. The van der Waals surface area contributed by atoms with Gasteiger partial charge in [-0.15, -0.1) is 0 Å². The van der Waals surface area contributed by atoms with Gasteiger partial charge in [-0.3, -0.25) is 4.79 Å². The molecule has 0 radical (unpaired) electrons. The quantitative estimate of drug-likeness (QED) is 0.434. The smallest absolute Gasteiger partial charge is 0.255 e. The summed E-state index contributed by atoms with van der Waals surface area (Å²) in [6.45, 7) is -0.611. The van der Waals surface area contributed by atoms with Crippen molar-refractivity contribution in [3.63, 3.8) is 0 Å². The number of nitrogens with one attached hydrogen (secondary N) is 1. The summed E-state index contributed by atoms with van der Waals surface area (Å²) in [5.41, 5.74) is 0.319. The van der Waals surface area contributed by atoms with Crippen molar-refractivity contribution in [1.82, 2.24) is 5.32 Å². The van der Waals surface area contributed by atoms with Gasteiger partial charge >= 0.3 is 0 Å². The molecule has 1 aliphatic heterocycles. The molecule has 8 nitrogen and oxygen atoms in total. The lowest BCUT2D eigenvalue weighted by molar-refractivity contribution is -0.227. The molecule has 5 atom stereocenters. The molecule has 2 rings (SSSR count). The molecule has 1 fully saturated rings. The molecule has 1 aromatic carbocycles. The molecule has 23 heavy (non-hydrogen) atoms. The van der Waals surface area contributed by atoms with Gasteiger partial charge in [-0.2, -0.15) is 0 Å². The Morgan fingerprint density at radius 2 is 1.83 bits per heavy atom. The minimum atomic E-state index is -1.46. The molecule has 1 saturated heterocycles. The number of hydrogen-bond donors (Lipinski definition) is 5. The summed E-state index contributed by atoms with van der Waals surface area (Å²) in [6, 6.07) is 6.64. The number of ether oxygens (including phenoxy) is 2. The van der Waals surface area contributed by atoms with Crippen LogP contribution in [0.2, 0.25) is 0 Å². The van der Waals surface area contributed by atoms with Gasteiger partial charge in [-0.05, 0) is 12.1 Å². The van der Waals surface area contributed by atoms with Crippen LogP contribution in [-0.2, 0) is 4.74 Å². The highest BCUT2D eigenvalue weighted by molar-refractivity contribution is 5.96. The highest BCUT2D eigenvalue weighted by Crippen LogP contribution is 2.21. The second kappa shape index (κ2) is 7.71. The number of aliphatic hydroxyl groups is 4. The van der Waals surface area contributed by atoms with Crippen LogP contribution < -0.4 is 10.1 Å². The number of carbonyl (C=O) groups is 1. The summed E-state index contributed by atoms with van der Waals surface area (Å²) in [7, 11) is 1.45. The Morgan fingerprint density at radius 3 is 2.48 bits per heavy atom. The first kappa shape index (κ1) is 17.6. The molecule has 0 spiro atoms. The number of hydrogen-bond acceptors (Lipinski definition) is 7. The highest BCUT2D eigenvalue weighted by Gasteiger charge is 2.43. The summed E-state index contributed by atoms with van der Waals surface area (Å²) in [5.74, 6) is -0.0294. The lowest BCUT2D eigenvalue weighted by Crippen LogP contribution is -2.60. The van der Waals surface area contributed by atoms with Crippen LogP contribution in [0, 0.1) is 0 Å². The van der Waals surface area contributed by atoms with Crippen LogP contribution in [0.15, 0.2) is 24.3 Å². The molecule has 0 unspecified atom stereocenters. The summed E-state index contributed by atoms with van der Waals surface area (Å²) in [5, 5.41) is 41.0. The Hall–Kier alpha value is -1.71. The van der Waals surface area contributed by atoms with E-state index in [9.17, 15) is 20.1 Å². The number of methoxy groups -OCH3 is 1. The Labute approximate surface area is 133 Å². The molecule has 0 bridgehead atoms. The van der Waals surface area contributed by atoms with Gasteiger partial charge in [0.15, 0.2) is 0 Å². The first-order valence-electron chi connectivity index (χ1n) is 7.21. The molecule has 1 heterocycles. The van der Waals surface area contributed by atoms with Crippen LogP contribution in [0.3, 0.4) is 0 Å². The highest BCUT2D eigenvalue weighted by atomic mass is 16.5. The molecule has 1 aromatic rings. The van der Waals surface area contributed by atoms with Gasteiger partial charge in [0, 0.05) is 6.54 Å². The number of para-hydroxylation sites is 1. The Bertz CT molecular complexity index is 536. The van der Waals surface area contributed by atoms with Gasteiger partial charge in [0.2, 0.25) is 0 Å². The molecule has 1 aliphatic rings. The zero-order chi connectivity index (χ0) is 17.0. The first-order valence-corrected chi connectivity index (χ1v) is 7.21. The van der Waals surface area contributed by atoms with Crippen molar-refractivity contribution in [2.45, 2.75) is 30.5 Å². The van der Waals surface area contributed by atoms with E-state index in [2.05, 4.69) is 5.32 Å². The maximum Gasteiger partial charge on any atom is 0.255 e. The third kappa shape index (κ3) is 3.80. The molecule has 1 amide bonds. The van der Waals surface area contributed by atoms with E-state index in [1.807, 2.05) is 0 Å². The van der Waals surface area contributed by atoms with Gasteiger partial charge in [0.1, 0.15) is 36.3 Å². The normalized spacial score (nSPS) is 30.7. The Balaban J connectivity index is 2.00. The van der Waals surface area contributed by atoms with Crippen LogP contribution in [0.4, 0.5) is 0 Å². The third-order valence-corrected chi connectivity index (χ3v) is 3.81. The van der Waals surface area contributed by atoms with Crippen LogP contribution in [0.5, 0.6) is 5.75 Å². The van der Waals surface area contributed by atoms with Crippen molar-refractivity contribution >= 4 is 5.91 Å². The van der Waals surface area contributed by atoms with Crippen LogP contribution in [0.1, 0.15) is 10.4 Å². The third-order valence-electron chi connectivity index (χ3n) is 3.81. The molecule has 8 heteroatoms. The lowest BCUT2D eigenvalue weighted by atomic mass is 9.95. The number of aliphatic hydroxyl groups excluding tert-OH is 4. The molecule has 0 saturated carbocycles. The maximum absolute atomic E-state index is 12.2. The number of rotatable bonds is 5. The minimum Gasteiger partial charge on any atom is -0.496 e. The average Bonchev–Trinajstić information content (AvgIpc) is 2.58. The number of carbonyl (C=O) groups excluding carboxylic acids is 1. The summed E-state index contributed by atoms with van der Waals surface area (Å²) in [4.78, 5) is 12.2. The lowest BCUT2D eigenvalue weighted by Gasteiger charge is -2.40. The Kier molecular flexibility index (Phi) is 5.91. The van der Waals surface area contributed by atoms with Gasteiger partial charge < -0.3 is 35.2 Å². The zero-order valence-electron chi connectivity index (χ0n) is 12.6. The fraction of sp³-hybridized carbons (Fsp3) is 0.533. The fourth-order valence-electron chi connectivity index (χ4n) is 2.47. The van der Waals surface area contributed by atoms with E-state index in [-0.39, 0.29) is 6.54 Å². The summed E-state index contributed by atoms with van der Waals surface area (Å²) in [6.07, 6.45) is -6.22. The predicted octanol–water partition coefficient (Wildman–Crippen LogP) is -1.73. The topological polar surface area (TPSA) is 128 Å². The second-order valence-electron chi connectivity index (χ2n) is 5.28. The van der Waals surface area contributed by atoms with Gasteiger partial charge in [-0.25, -0.2) is 0 Å². The monoisotopic (exact) mass is 327 g/mol. The molecule has 0 aromatic heterocycles. The van der Waals surface area contributed by atoms with Crippen molar-refractivity contribution in [3.8, 4) is 5.75 Å². The van der Waals surface area contributed by atoms with Crippen LogP contribution in [0.25, 0.3) is 0 Å². The SMILES string of the molecule is COc1ccccc1C(=O)NC[C@@H]1O[C@H](CO)[C@@H](O)[C@H](O)[C@H]1O. The summed E-state index contributed by atoms with van der Waals surface area (Å²) < 4.78 is 10.4. The van der Waals surface area contributed by atoms with E-state index < -0.39 is 43.0 Å². The number of benzene rings is 1. The van der Waals surface area contributed by atoms with Gasteiger partial charge in [0.25, 0.3) is 5.91 Å². The summed E-state index contributed by atoms with van der Waals surface area (Å²) >= 11 is 0. The van der Waals surface area contributed by atoms with Crippen LogP contribution >= 0.6 is 0 Å². The molecular formula is C15H21NO7. The van der Waals surface area contributed by atoms with E-state index >= 15 is 0 Å². The van der Waals surface area contributed by atoms with E-state index in [4.69, 9.17) is 14.6 Å². The van der Waals surface area contributed by atoms with Crippen molar-refractivity contribution in [2.75, 3.05) is 20.3 Å². The average molecular weight is 327 g/mol. The first-order chi connectivity index (χ1) is 11.0. The zero-order valence-corrected chi connectivity index (χ0v) is 12.6. The molecule has 5 N–H and O–H groups in total. The van der Waals surface area contributed by atoms with Crippen molar-refractivity contribution in [1.29, 1.82) is 0 Å². The van der Waals surface area contributed by atoms with E-state index in [0.717, 1.165) is 0 Å². The van der Waals surface area contributed by atoms with Crippen molar-refractivity contribution in [2.24, 2.45) is 0 Å². The molecular weight excluding hydrogens is 306 g/mol. The van der Waals surface area contributed by atoms with E-state index in [0.29, 0.717) is 11.3 Å².